The fourth-order valence-corrected chi connectivity index (χ4v) is 6.49. The molecule has 1 amide bonds. The van der Waals surface area contributed by atoms with Crippen molar-refractivity contribution in [1.29, 1.82) is 0 Å². The van der Waals surface area contributed by atoms with E-state index in [1.54, 1.807) is 20.8 Å². The third-order valence-electron chi connectivity index (χ3n) is 7.11. The molecule has 0 spiro atoms. The molecule has 11 nitrogen and oxygen atoms in total. The van der Waals surface area contributed by atoms with Crippen molar-refractivity contribution in [1.82, 2.24) is 19.4 Å². The van der Waals surface area contributed by atoms with Gasteiger partial charge in [0, 0.05) is 32.7 Å². The SMILES string of the molecule is CCS(=O)(=O)C1=C(Cn2c(=O)[nH]c3c(CN4CCN(C(=O)OC(C)(C)C)CC4)cc(OC(F)(F)F)cc3c2=O)CC(Cl)C=C1. The van der Waals surface area contributed by atoms with Crippen LogP contribution < -0.4 is 16.0 Å². The standard InChI is InChI=1S/C28H34ClF3N4O7S/c1-5-44(40,41)22-7-6-19(29)12-17(22)16-36-24(37)21-14-20(42-28(30,31)32)13-18(23(21)33-25(36)38)15-34-8-10-35(11-9-34)26(39)43-27(2,3)4/h6-7,13-14,19H,5,8-12,15-16H2,1-4H3,(H,33,38). The summed E-state index contributed by atoms with van der Waals surface area (Å²) in [6.07, 6.45) is -2.64. The summed E-state index contributed by atoms with van der Waals surface area (Å²) < 4.78 is 75.4. The molecule has 2 heterocycles. The summed E-state index contributed by atoms with van der Waals surface area (Å²) in [7, 11) is -3.73. The van der Waals surface area contributed by atoms with Gasteiger partial charge in [0.25, 0.3) is 5.56 Å². The van der Waals surface area contributed by atoms with E-state index in [0.717, 1.165) is 16.7 Å². The Morgan fingerprint density at radius 3 is 2.34 bits per heavy atom. The molecule has 1 saturated heterocycles. The lowest BCUT2D eigenvalue weighted by molar-refractivity contribution is -0.274. The number of halogens is 4. The molecule has 1 unspecified atom stereocenters. The van der Waals surface area contributed by atoms with Gasteiger partial charge in [0.2, 0.25) is 0 Å². The van der Waals surface area contributed by atoms with Crippen LogP contribution in [0.3, 0.4) is 0 Å². The number of nitrogens with one attached hydrogen (secondary N) is 1. The van der Waals surface area contributed by atoms with Gasteiger partial charge in [0.05, 0.1) is 33.5 Å². The number of carbonyl (C=O) groups is 1. The Kier molecular flexibility index (Phi) is 9.62. The number of alkyl halides is 4. The zero-order valence-electron chi connectivity index (χ0n) is 24.7. The fourth-order valence-electron chi connectivity index (χ4n) is 5.04. The van der Waals surface area contributed by atoms with Crippen LogP contribution in [0.5, 0.6) is 5.75 Å². The first-order chi connectivity index (χ1) is 20.4. The molecule has 4 rings (SSSR count). The first-order valence-electron chi connectivity index (χ1n) is 13.9. The molecule has 1 aromatic carbocycles. The van der Waals surface area contributed by atoms with Crippen LogP contribution >= 0.6 is 11.6 Å². The highest BCUT2D eigenvalue weighted by Crippen LogP contribution is 2.30. The second kappa shape index (κ2) is 12.6. The number of aromatic amines is 1. The third-order valence-corrected chi connectivity index (χ3v) is 9.26. The van der Waals surface area contributed by atoms with Crippen LogP contribution in [0, 0.1) is 0 Å². The molecule has 1 N–H and O–H groups in total. The minimum atomic E-state index is -5.05. The van der Waals surface area contributed by atoms with Crippen molar-refractivity contribution < 1.29 is 35.9 Å². The van der Waals surface area contributed by atoms with Gasteiger partial charge in [-0.15, -0.1) is 24.8 Å². The highest BCUT2D eigenvalue weighted by Gasteiger charge is 2.32. The minimum Gasteiger partial charge on any atom is -0.444 e. The summed E-state index contributed by atoms with van der Waals surface area (Å²) in [5.74, 6) is -0.877. The summed E-state index contributed by atoms with van der Waals surface area (Å²) in [6.45, 7) is 7.60. The Morgan fingerprint density at radius 1 is 1.09 bits per heavy atom. The number of nitrogens with zero attached hydrogens (tertiary/aromatic N) is 3. The smallest absolute Gasteiger partial charge is 0.444 e. The average Bonchev–Trinajstić information content (AvgIpc) is 2.90. The zero-order valence-corrected chi connectivity index (χ0v) is 26.2. The molecule has 1 aromatic heterocycles. The lowest BCUT2D eigenvalue weighted by Gasteiger charge is -2.35. The van der Waals surface area contributed by atoms with E-state index in [1.165, 1.54) is 24.0 Å². The number of piperazine rings is 1. The molecule has 2 aliphatic rings. The van der Waals surface area contributed by atoms with Gasteiger partial charge in [-0.25, -0.2) is 18.0 Å². The molecular formula is C28H34ClF3N4O7S. The van der Waals surface area contributed by atoms with E-state index in [0.29, 0.717) is 26.2 Å². The number of allylic oxidation sites excluding steroid dienone is 3. The van der Waals surface area contributed by atoms with Gasteiger partial charge in [-0.1, -0.05) is 13.0 Å². The number of hydrogen-bond donors (Lipinski definition) is 1. The van der Waals surface area contributed by atoms with Crippen molar-refractivity contribution in [3.8, 4) is 5.75 Å². The summed E-state index contributed by atoms with van der Waals surface area (Å²) in [5, 5.41) is -0.826. The predicted octanol–water partition coefficient (Wildman–Crippen LogP) is 3.90. The Morgan fingerprint density at radius 2 is 1.75 bits per heavy atom. The maximum atomic E-state index is 13.6. The van der Waals surface area contributed by atoms with Crippen molar-refractivity contribution in [3.05, 3.63) is 61.2 Å². The Labute approximate surface area is 256 Å². The van der Waals surface area contributed by atoms with Crippen LogP contribution in [0.2, 0.25) is 0 Å². The van der Waals surface area contributed by atoms with E-state index in [1.807, 2.05) is 4.90 Å². The maximum Gasteiger partial charge on any atom is 0.573 e. The number of sulfone groups is 1. The molecule has 1 atom stereocenters. The Balaban J connectivity index is 1.72. The molecule has 242 valence electrons. The number of rotatable bonds is 7. The normalized spacial score (nSPS) is 18.6. The van der Waals surface area contributed by atoms with Crippen LogP contribution in [0.25, 0.3) is 10.9 Å². The quantitative estimate of drug-likeness (QED) is 0.442. The monoisotopic (exact) mass is 662 g/mol. The maximum absolute atomic E-state index is 13.6. The highest BCUT2D eigenvalue weighted by atomic mass is 35.5. The van der Waals surface area contributed by atoms with Gasteiger partial charge in [0.1, 0.15) is 11.4 Å². The number of aromatic nitrogens is 2. The molecule has 2 aromatic rings. The van der Waals surface area contributed by atoms with E-state index >= 15 is 0 Å². The zero-order chi connectivity index (χ0) is 32.6. The third kappa shape index (κ3) is 8.04. The number of ether oxygens (including phenoxy) is 2. The molecule has 1 fully saturated rings. The van der Waals surface area contributed by atoms with E-state index in [9.17, 15) is 36.0 Å². The summed E-state index contributed by atoms with van der Waals surface area (Å²) >= 11 is 6.22. The van der Waals surface area contributed by atoms with Crippen molar-refractivity contribution in [2.75, 3.05) is 31.9 Å². The first kappa shape index (κ1) is 33.6. The number of benzene rings is 1. The second-order valence-electron chi connectivity index (χ2n) is 11.6. The van der Waals surface area contributed by atoms with Gasteiger partial charge in [-0.3, -0.25) is 14.3 Å². The number of H-pyrrole nitrogens is 1. The largest absolute Gasteiger partial charge is 0.573 e. The van der Waals surface area contributed by atoms with Crippen molar-refractivity contribution >= 4 is 38.4 Å². The van der Waals surface area contributed by atoms with Gasteiger partial charge in [0.15, 0.2) is 9.84 Å². The fraction of sp³-hybridized carbons (Fsp3) is 0.536. The molecule has 0 bridgehead atoms. The number of fused-ring (bicyclic) bond motifs is 1. The van der Waals surface area contributed by atoms with Crippen LogP contribution in [-0.2, 0) is 27.7 Å². The van der Waals surface area contributed by atoms with Gasteiger partial charge < -0.3 is 19.4 Å². The Bertz CT molecular complexity index is 1720. The lowest BCUT2D eigenvalue weighted by atomic mass is 10.0. The van der Waals surface area contributed by atoms with E-state index < -0.39 is 56.8 Å². The number of carbonyl (C=O) groups excluding carboxylic acids is 1. The lowest BCUT2D eigenvalue weighted by Crippen LogP contribution is -2.49. The summed E-state index contributed by atoms with van der Waals surface area (Å²) in [5.41, 5.74) is -2.02. The number of hydrogen-bond acceptors (Lipinski definition) is 8. The molecule has 0 saturated carbocycles. The predicted molar refractivity (Wildman–Crippen MR) is 158 cm³/mol. The van der Waals surface area contributed by atoms with Gasteiger partial charge in [-0.05, 0) is 56.5 Å². The molecule has 0 radical (unpaired) electrons. The van der Waals surface area contributed by atoms with Gasteiger partial charge >= 0.3 is 18.1 Å². The van der Waals surface area contributed by atoms with E-state index in [-0.39, 0.29) is 45.7 Å². The van der Waals surface area contributed by atoms with Crippen LogP contribution in [0.15, 0.2) is 44.4 Å². The highest BCUT2D eigenvalue weighted by molar-refractivity contribution is 7.95. The van der Waals surface area contributed by atoms with Crippen molar-refractivity contribution in [3.63, 3.8) is 0 Å². The molecular weight excluding hydrogens is 629 g/mol. The molecule has 1 aliphatic carbocycles. The van der Waals surface area contributed by atoms with E-state index in [2.05, 4.69) is 9.72 Å². The minimum absolute atomic E-state index is 0.0227. The van der Waals surface area contributed by atoms with Gasteiger partial charge in [-0.2, -0.15) is 0 Å². The van der Waals surface area contributed by atoms with E-state index in [4.69, 9.17) is 16.3 Å². The molecule has 1 aliphatic heterocycles. The van der Waals surface area contributed by atoms with Crippen molar-refractivity contribution in [2.45, 2.75) is 64.5 Å². The Hall–Kier alpha value is -3.30. The van der Waals surface area contributed by atoms with Crippen LogP contribution in [0.1, 0.15) is 39.7 Å². The molecule has 16 heteroatoms. The molecule has 44 heavy (non-hydrogen) atoms. The van der Waals surface area contributed by atoms with Crippen molar-refractivity contribution in [2.24, 2.45) is 0 Å². The first-order valence-corrected chi connectivity index (χ1v) is 16.0. The van der Waals surface area contributed by atoms with Crippen LogP contribution in [0.4, 0.5) is 18.0 Å². The topological polar surface area (TPSA) is 131 Å². The summed E-state index contributed by atoms with van der Waals surface area (Å²) in [4.78, 5) is 45.2. The average molecular weight is 663 g/mol. The van der Waals surface area contributed by atoms with Crippen LogP contribution in [-0.4, -0.2) is 83.1 Å². The summed E-state index contributed by atoms with van der Waals surface area (Å²) in [6, 6.07) is 2.00. The number of amides is 1. The second-order valence-corrected chi connectivity index (χ2v) is 14.4.